The predicted octanol–water partition coefficient (Wildman–Crippen LogP) is 3.47. The zero-order chi connectivity index (χ0) is 14.4. The molecule has 2 nitrogen and oxygen atoms in total. The van der Waals surface area contributed by atoms with Gasteiger partial charge in [-0.15, -0.1) is 0 Å². The Morgan fingerprint density at radius 2 is 1.90 bits per heavy atom. The molecular weight excluding hydrogens is 266 g/mol. The summed E-state index contributed by atoms with van der Waals surface area (Å²) in [6.07, 6.45) is 5.79. The topological polar surface area (TPSA) is 29.1 Å². The maximum atomic E-state index is 12.1. The number of hydrogen-bond acceptors (Lipinski definition) is 2. The van der Waals surface area contributed by atoms with E-state index in [0.29, 0.717) is 12.3 Å². The van der Waals surface area contributed by atoms with Crippen molar-refractivity contribution in [3.8, 4) is 0 Å². The van der Waals surface area contributed by atoms with Gasteiger partial charge in [0.05, 0.1) is 5.25 Å². The first-order chi connectivity index (χ1) is 9.65. The van der Waals surface area contributed by atoms with E-state index in [9.17, 15) is 4.79 Å². The molecule has 1 saturated carbocycles. The van der Waals surface area contributed by atoms with Crippen molar-refractivity contribution in [1.29, 1.82) is 0 Å². The van der Waals surface area contributed by atoms with Gasteiger partial charge in [-0.1, -0.05) is 50.1 Å². The molecule has 0 aliphatic heterocycles. The Labute approximate surface area is 127 Å². The largest absolute Gasteiger partial charge is 0.355 e. The lowest BCUT2D eigenvalue weighted by Gasteiger charge is -2.26. The van der Waals surface area contributed by atoms with Gasteiger partial charge in [0, 0.05) is 6.54 Å². The van der Waals surface area contributed by atoms with Crippen LogP contribution in [0.4, 0.5) is 0 Å². The fourth-order valence-electron chi connectivity index (χ4n) is 2.83. The Balaban J connectivity index is 1.71. The fourth-order valence-corrected chi connectivity index (χ4v) is 3.13. The zero-order valence-corrected chi connectivity index (χ0v) is 13.1. The molecule has 1 atom stereocenters. The first-order valence-corrected chi connectivity index (χ1v) is 8.16. The summed E-state index contributed by atoms with van der Waals surface area (Å²) in [4.78, 5) is 12.1. The van der Waals surface area contributed by atoms with Gasteiger partial charge in [-0.2, -0.15) is 12.6 Å². The highest BCUT2D eigenvalue weighted by molar-refractivity contribution is 7.81. The van der Waals surface area contributed by atoms with Crippen molar-refractivity contribution >= 4 is 18.5 Å². The molecule has 110 valence electrons. The highest BCUT2D eigenvalue weighted by Gasteiger charge is 2.20. The molecular formula is C17H25NOS. The molecule has 3 heteroatoms. The number of rotatable bonds is 5. The third kappa shape index (κ3) is 4.86. The van der Waals surface area contributed by atoms with E-state index in [1.165, 1.54) is 25.7 Å². The minimum Gasteiger partial charge on any atom is -0.355 e. The SMILES string of the molecule is CC1CCC(CNC(=O)C(S)Cc2ccccc2)CC1. The van der Waals surface area contributed by atoms with Crippen molar-refractivity contribution in [3.63, 3.8) is 0 Å². The minimum absolute atomic E-state index is 0.0656. The number of hydrogen-bond donors (Lipinski definition) is 2. The summed E-state index contributed by atoms with van der Waals surface area (Å²) in [7, 11) is 0. The third-order valence-electron chi connectivity index (χ3n) is 4.27. The van der Waals surface area contributed by atoms with Crippen molar-refractivity contribution in [2.24, 2.45) is 11.8 Å². The molecule has 0 saturated heterocycles. The van der Waals surface area contributed by atoms with E-state index in [1.807, 2.05) is 30.3 Å². The lowest BCUT2D eigenvalue weighted by molar-refractivity contribution is -0.120. The summed E-state index contributed by atoms with van der Waals surface area (Å²) in [6, 6.07) is 10.1. The first kappa shape index (κ1) is 15.4. The molecule has 1 aromatic rings. The Kier molecular flexibility index (Phi) is 5.96. The molecule has 1 amide bonds. The number of thiol groups is 1. The molecule has 0 heterocycles. The van der Waals surface area contributed by atoms with Gasteiger partial charge in [-0.25, -0.2) is 0 Å². The normalized spacial score (nSPS) is 24.1. The molecule has 1 aromatic carbocycles. The molecule has 1 N–H and O–H groups in total. The second kappa shape index (κ2) is 7.72. The quantitative estimate of drug-likeness (QED) is 0.799. The van der Waals surface area contributed by atoms with Crippen LogP contribution < -0.4 is 5.32 Å². The van der Waals surface area contributed by atoms with Crippen molar-refractivity contribution in [1.82, 2.24) is 5.32 Å². The number of amides is 1. The van der Waals surface area contributed by atoms with Crippen molar-refractivity contribution in [3.05, 3.63) is 35.9 Å². The van der Waals surface area contributed by atoms with Crippen LogP contribution in [0.3, 0.4) is 0 Å². The van der Waals surface area contributed by atoms with E-state index in [2.05, 4.69) is 24.9 Å². The maximum Gasteiger partial charge on any atom is 0.233 e. The van der Waals surface area contributed by atoms with Crippen LogP contribution in [0.25, 0.3) is 0 Å². The molecule has 0 aromatic heterocycles. The number of carbonyl (C=O) groups excluding carboxylic acids is 1. The fraction of sp³-hybridized carbons (Fsp3) is 0.588. The second-order valence-electron chi connectivity index (χ2n) is 6.08. The van der Waals surface area contributed by atoms with Gasteiger partial charge in [-0.05, 0) is 36.7 Å². The lowest BCUT2D eigenvalue weighted by atomic mass is 9.83. The molecule has 20 heavy (non-hydrogen) atoms. The predicted molar refractivity (Wildman–Crippen MR) is 87.1 cm³/mol. The van der Waals surface area contributed by atoms with E-state index in [1.54, 1.807) is 0 Å². The molecule has 1 aliphatic carbocycles. The zero-order valence-electron chi connectivity index (χ0n) is 12.2. The van der Waals surface area contributed by atoms with Crippen LogP contribution in [-0.2, 0) is 11.2 Å². The van der Waals surface area contributed by atoms with Gasteiger partial charge in [0.25, 0.3) is 0 Å². The summed E-state index contributed by atoms with van der Waals surface area (Å²) in [5.41, 5.74) is 1.16. The Hall–Kier alpha value is -0.960. The van der Waals surface area contributed by atoms with Crippen molar-refractivity contribution in [2.75, 3.05) is 6.54 Å². The monoisotopic (exact) mass is 291 g/mol. The van der Waals surface area contributed by atoms with Crippen LogP contribution in [0.2, 0.25) is 0 Å². The maximum absolute atomic E-state index is 12.1. The average molecular weight is 291 g/mol. The van der Waals surface area contributed by atoms with Crippen LogP contribution in [0.5, 0.6) is 0 Å². The minimum atomic E-state index is -0.250. The van der Waals surface area contributed by atoms with E-state index >= 15 is 0 Å². The van der Waals surface area contributed by atoms with Gasteiger partial charge < -0.3 is 5.32 Å². The average Bonchev–Trinajstić information content (AvgIpc) is 2.47. The molecule has 1 unspecified atom stereocenters. The summed E-state index contributed by atoms with van der Waals surface area (Å²) in [5, 5.41) is 2.82. The molecule has 2 rings (SSSR count). The van der Waals surface area contributed by atoms with Gasteiger partial charge in [0.1, 0.15) is 0 Å². The molecule has 1 fully saturated rings. The summed E-state index contributed by atoms with van der Waals surface area (Å²) in [5.74, 6) is 1.58. The van der Waals surface area contributed by atoms with E-state index in [0.717, 1.165) is 18.0 Å². The van der Waals surface area contributed by atoms with Crippen LogP contribution in [-0.4, -0.2) is 17.7 Å². The smallest absolute Gasteiger partial charge is 0.233 e. The van der Waals surface area contributed by atoms with Gasteiger partial charge >= 0.3 is 0 Å². The molecule has 0 spiro atoms. The van der Waals surface area contributed by atoms with Crippen LogP contribution >= 0.6 is 12.6 Å². The summed E-state index contributed by atoms with van der Waals surface area (Å²) < 4.78 is 0. The van der Waals surface area contributed by atoms with Crippen LogP contribution in [0.15, 0.2) is 30.3 Å². The Morgan fingerprint density at radius 3 is 2.55 bits per heavy atom. The number of nitrogens with one attached hydrogen (secondary N) is 1. The Bertz CT molecular complexity index is 412. The van der Waals surface area contributed by atoms with E-state index in [4.69, 9.17) is 0 Å². The summed E-state index contributed by atoms with van der Waals surface area (Å²) >= 11 is 4.44. The highest BCUT2D eigenvalue weighted by Crippen LogP contribution is 2.27. The highest BCUT2D eigenvalue weighted by atomic mass is 32.1. The second-order valence-corrected chi connectivity index (χ2v) is 6.70. The van der Waals surface area contributed by atoms with Crippen molar-refractivity contribution < 1.29 is 4.79 Å². The molecule has 1 aliphatic rings. The standard InChI is InChI=1S/C17H25NOS/c1-13-7-9-15(10-8-13)12-18-17(19)16(20)11-14-5-3-2-4-6-14/h2-6,13,15-16,20H,7-12H2,1H3,(H,18,19). The Morgan fingerprint density at radius 1 is 1.25 bits per heavy atom. The van der Waals surface area contributed by atoms with Gasteiger partial charge in [0.2, 0.25) is 5.91 Å². The molecule has 0 radical (unpaired) electrons. The third-order valence-corrected chi connectivity index (χ3v) is 4.69. The van der Waals surface area contributed by atoms with Gasteiger partial charge in [0.15, 0.2) is 0 Å². The van der Waals surface area contributed by atoms with Crippen LogP contribution in [0, 0.1) is 11.8 Å². The number of carbonyl (C=O) groups is 1. The van der Waals surface area contributed by atoms with Crippen LogP contribution in [0.1, 0.15) is 38.2 Å². The lowest BCUT2D eigenvalue weighted by Crippen LogP contribution is -2.36. The summed E-state index contributed by atoms with van der Waals surface area (Å²) in [6.45, 7) is 3.13. The molecule has 0 bridgehead atoms. The number of benzene rings is 1. The van der Waals surface area contributed by atoms with Crippen molar-refractivity contribution in [2.45, 2.75) is 44.3 Å². The van der Waals surface area contributed by atoms with Gasteiger partial charge in [-0.3, -0.25) is 4.79 Å². The van der Waals surface area contributed by atoms with E-state index in [-0.39, 0.29) is 11.2 Å². The first-order valence-electron chi connectivity index (χ1n) is 7.65. The van der Waals surface area contributed by atoms with E-state index < -0.39 is 0 Å².